The fourth-order valence-electron chi connectivity index (χ4n) is 2.15. The second kappa shape index (κ2) is 4.85. The summed E-state index contributed by atoms with van der Waals surface area (Å²) in [5, 5.41) is 0. The van der Waals surface area contributed by atoms with E-state index in [1.807, 2.05) is 32.0 Å². The molecule has 3 nitrogen and oxygen atoms in total. The van der Waals surface area contributed by atoms with Crippen LogP contribution in [0.5, 0.6) is 0 Å². The number of hydrogen-bond acceptors (Lipinski definition) is 3. The third-order valence-electron chi connectivity index (χ3n) is 3.22. The first-order valence-electron chi connectivity index (χ1n) is 6.40. The van der Waals surface area contributed by atoms with Crippen molar-refractivity contribution in [1.82, 2.24) is 0 Å². The number of ether oxygens (including phenoxy) is 1. The molecule has 3 heteroatoms. The van der Waals surface area contributed by atoms with Gasteiger partial charge in [0.1, 0.15) is 11.5 Å². The Morgan fingerprint density at radius 1 is 1.15 bits per heavy atom. The van der Waals surface area contributed by atoms with Crippen LogP contribution in [0.2, 0.25) is 0 Å². The van der Waals surface area contributed by atoms with Gasteiger partial charge in [0.25, 0.3) is 0 Å². The third-order valence-corrected chi connectivity index (χ3v) is 3.22. The van der Waals surface area contributed by atoms with Crippen molar-refractivity contribution < 1.29 is 13.9 Å². The topological polar surface area (TPSA) is 39.4 Å². The Bertz CT molecular complexity index is 719. The highest BCUT2D eigenvalue weighted by Crippen LogP contribution is 2.29. The van der Waals surface area contributed by atoms with Crippen LogP contribution in [-0.4, -0.2) is 5.97 Å². The van der Waals surface area contributed by atoms with Gasteiger partial charge in [0.2, 0.25) is 0 Å². The lowest BCUT2D eigenvalue weighted by Gasteiger charge is -2.06. The van der Waals surface area contributed by atoms with Crippen molar-refractivity contribution in [2.24, 2.45) is 0 Å². The first kappa shape index (κ1) is 12.5. The molecule has 0 saturated carbocycles. The Kier molecular flexibility index (Phi) is 3.03. The van der Waals surface area contributed by atoms with E-state index in [9.17, 15) is 4.79 Å². The van der Waals surface area contributed by atoms with Gasteiger partial charge in [0, 0.05) is 5.56 Å². The van der Waals surface area contributed by atoms with Crippen LogP contribution in [0.15, 0.2) is 52.7 Å². The maximum Gasteiger partial charge on any atom is 0.343 e. The van der Waals surface area contributed by atoms with Gasteiger partial charge in [-0.1, -0.05) is 17.7 Å². The van der Waals surface area contributed by atoms with Crippen molar-refractivity contribution in [3.63, 3.8) is 0 Å². The fourth-order valence-corrected chi connectivity index (χ4v) is 2.15. The Hall–Kier alpha value is -2.55. The van der Waals surface area contributed by atoms with Crippen LogP contribution in [0.1, 0.15) is 22.5 Å². The highest BCUT2D eigenvalue weighted by Gasteiger charge is 2.23. The number of aryl methyl sites for hydroxylation is 2. The number of carbonyl (C=O) groups is 1. The van der Waals surface area contributed by atoms with E-state index in [-0.39, 0.29) is 5.97 Å². The average Bonchev–Trinajstić information content (AvgIpc) is 3.04. The maximum absolute atomic E-state index is 11.9. The van der Waals surface area contributed by atoms with Crippen LogP contribution in [-0.2, 0) is 9.53 Å². The number of benzene rings is 1. The average molecular weight is 266 g/mol. The first-order valence-corrected chi connectivity index (χ1v) is 6.40. The minimum Gasteiger partial charge on any atom is -0.465 e. The minimum atomic E-state index is -0.350. The van der Waals surface area contributed by atoms with E-state index in [1.165, 1.54) is 0 Å². The van der Waals surface area contributed by atoms with Crippen molar-refractivity contribution in [1.29, 1.82) is 0 Å². The summed E-state index contributed by atoms with van der Waals surface area (Å²) in [5.41, 5.74) is 3.65. The molecule has 1 aromatic carbocycles. The molecule has 0 fully saturated rings. The molecular weight excluding hydrogens is 252 g/mol. The molecule has 0 spiro atoms. The molecule has 1 aliphatic rings. The lowest BCUT2D eigenvalue weighted by atomic mass is 10.0. The Morgan fingerprint density at radius 2 is 2.00 bits per heavy atom. The normalized spacial score (nSPS) is 16.4. The summed E-state index contributed by atoms with van der Waals surface area (Å²) in [4.78, 5) is 11.9. The second-order valence-electron chi connectivity index (χ2n) is 4.83. The molecule has 2 heterocycles. The summed E-state index contributed by atoms with van der Waals surface area (Å²) in [6.07, 6.45) is 5.01. The van der Waals surface area contributed by atoms with Gasteiger partial charge in [-0.2, -0.15) is 0 Å². The van der Waals surface area contributed by atoms with Crippen molar-refractivity contribution in [3.8, 4) is 0 Å². The predicted molar refractivity (Wildman–Crippen MR) is 76.7 cm³/mol. The maximum atomic E-state index is 11.9. The van der Waals surface area contributed by atoms with E-state index in [4.69, 9.17) is 9.15 Å². The van der Waals surface area contributed by atoms with Gasteiger partial charge in [0.15, 0.2) is 0 Å². The quantitative estimate of drug-likeness (QED) is 0.611. The van der Waals surface area contributed by atoms with E-state index in [2.05, 4.69) is 0 Å². The van der Waals surface area contributed by atoms with Crippen LogP contribution in [0.25, 0.3) is 11.8 Å². The van der Waals surface area contributed by atoms with E-state index >= 15 is 0 Å². The van der Waals surface area contributed by atoms with Gasteiger partial charge < -0.3 is 9.15 Å². The zero-order chi connectivity index (χ0) is 14.1. The molecular formula is C17H14O3. The molecule has 0 saturated heterocycles. The number of hydrogen-bond donors (Lipinski definition) is 0. The second-order valence-corrected chi connectivity index (χ2v) is 4.83. The molecule has 0 amide bonds. The molecule has 0 aliphatic carbocycles. The standard InChI is InChI=1S/C17H14O3/c1-11-5-6-12(2)15(8-11)16-10-13(17(18)20-16)9-14-4-3-7-19-14/h3-10H,1-2H3/b13-9+. The van der Waals surface area contributed by atoms with Crippen LogP contribution in [0.3, 0.4) is 0 Å². The van der Waals surface area contributed by atoms with Crippen molar-refractivity contribution in [2.75, 3.05) is 0 Å². The van der Waals surface area contributed by atoms with E-state index in [1.54, 1.807) is 30.5 Å². The Balaban J connectivity index is 2.00. The summed E-state index contributed by atoms with van der Waals surface area (Å²) < 4.78 is 10.6. The van der Waals surface area contributed by atoms with Crippen LogP contribution in [0, 0.1) is 13.8 Å². The third kappa shape index (κ3) is 2.30. The number of furan rings is 1. The molecule has 100 valence electrons. The van der Waals surface area contributed by atoms with Gasteiger partial charge in [-0.15, -0.1) is 0 Å². The zero-order valence-corrected chi connectivity index (χ0v) is 11.3. The smallest absolute Gasteiger partial charge is 0.343 e. The Morgan fingerprint density at radius 3 is 2.75 bits per heavy atom. The molecule has 1 aliphatic heterocycles. The summed E-state index contributed by atoms with van der Waals surface area (Å²) in [6, 6.07) is 9.65. The van der Waals surface area contributed by atoms with Gasteiger partial charge in [-0.3, -0.25) is 0 Å². The van der Waals surface area contributed by atoms with Gasteiger partial charge >= 0.3 is 5.97 Å². The molecule has 2 aromatic rings. The lowest BCUT2D eigenvalue weighted by Crippen LogP contribution is -1.98. The summed E-state index contributed by atoms with van der Waals surface area (Å²) in [7, 11) is 0. The number of esters is 1. The predicted octanol–water partition coefficient (Wildman–Crippen LogP) is 3.88. The number of carbonyl (C=O) groups excluding carboxylic acids is 1. The van der Waals surface area contributed by atoms with Gasteiger partial charge in [-0.25, -0.2) is 4.79 Å². The van der Waals surface area contributed by atoms with Crippen molar-refractivity contribution >= 4 is 17.8 Å². The van der Waals surface area contributed by atoms with Crippen molar-refractivity contribution in [2.45, 2.75) is 13.8 Å². The molecule has 3 rings (SSSR count). The molecule has 20 heavy (non-hydrogen) atoms. The highest BCUT2D eigenvalue weighted by molar-refractivity contribution is 6.05. The van der Waals surface area contributed by atoms with Crippen LogP contribution < -0.4 is 0 Å². The molecule has 0 unspecified atom stereocenters. The SMILES string of the molecule is Cc1ccc(C)c(C2=C/C(=C\c3ccco3)C(=O)O2)c1. The van der Waals surface area contributed by atoms with E-state index < -0.39 is 0 Å². The Labute approximate surface area is 117 Å². The zero-order valence-electron chi connectivity index (χ0n) is 11.3. The number of rotatable bonds is 2. The first-order chi connectivity index (χ1) is 9.63. The lowest BCUT2D eigenvalue weighted by molar-refractivity contribution is -0.130. The number of cyclic esters (lactones) is 1. The molecule has 0 radical (unpaired) electrons. The largest absolute Gasteiger partial charge is 0.465 e. The monoisotopic (exact) mass is 266 g/mol. The van der Waals surface area contributed by atoms with Crippen LogP contribution >= 0.6 is 0 Å². The minimum absolute atomic E-state index is 0.350. The summed E-state index contributed by atoms with van der Waals surface area (Å²) in [5.74, 6) is 0.877. The van der Waals surface area contributed by atoms with E-state index in [0.717, 1.165) is 16.7 Å². The van der Waals surface area contributed by atoms with Gasteiger partial charge in [-0.05, 0) is 49.8 Å². The van der Waals surface area contributed by atoms with Crippen LogP contribution in [0.4, 0.5) is 0 Å². The highest BCUT2D eigenvalue weighted by atomic mass is 16.5. The van der Waals surface area contributed by atoms with E-state index in [0.29, 0.717) is 17.1 Å². The molecule has 0 atom stereocenters. The summed E-state index contributed by atoms with van der Waals surface area (Å²) >= 11 is 0. The van der Waals surface area contributed by atoms with Gasteiger partial charge in [0.05, 0.1) is 11.8 Å². The molecule has 0 bridgehead atoms. The summed E-state index contributed by atoms with van der Waals surface area (Å²) in [6.45, 7) is 4.01. The molecule has 0 N–H and O–H groups in total. The molecule has 1 aromatic heterocycles. The fraction of sp³-hybridized carbons (Fsp3) is 0.118. The van der Waals surface area contributed by atoms with Crippen molar-refractivity contribution in [3.05, 3.63) is 70.7 Å².